The third-order valence-corrected chi connectivity index (χ3v) is 7.16. The van der Waals surface area contributed by atoms with Crippen LogP contribution in [0.15, 0.2) is 97.1 Å². The van der Waals surface area contributed by atoms with E-state index in [0.717, 1.165) is 24.7 Å². The molecule has 2 atom stereocenters. The van der Waals surface area contributed by atoms with E-state index < -0.39 is 5.41 Å². The maximum atomic E-state index is 6.12. The number of benzene rings is 4. The average molecular weight is 463 g/mol. The van der Waals surface area contributed by atoms with Gasteiger partial charge in [0.2, 0.25) is 0 Å². The van der Waals surface area contributed by atoms with E-state index in [-0.39, 0.29) is 12.2 Å². The van der Waals surface area contributed by atoms with Gasteiger partial charge in [0.1, 0.15) is 36.9 Å². The maximum Gasteiger partial charge on any atom is 0.119 e. The Balaban J connectivity index is 1.43. The third-order valence-electron chi connectivity index (χ3n) is 7.16. The quantitative estimate of drug-likeness (QED) is 0.281. The van der Waals surface area contributed by atoms with Gasteiger partial charge in [-0.05, 0) is 57.6 Å². The Morgan fingerprint density at radius 2 is 1.06 bits per heavy atom. The van der Waals surface area contributed by atoms with Crippen LogP contribution in [0.3, 0.4) is 0 Å². The van der Waals surface area contributed by atoms with E-state index in [0.29, 0.717) is 13.2 Å². The summed E-state index contributed by atoms with van der Waals surface area (Å²) in [5.74, 6) is 1.72. The van der Waals surface area contributed by atoms with Gasteiger partial charge in [-0.3, -0.25) is 0 Å². The molecule has 4 nitrogen and oxygen atoms in total. The first-order valence-corrected chi connectivity index (χ1v) is 12.2. The fraction of sp³-hybridized carbons (Fsp3) is 0.226. The zero-order chi connectivity index (χ0) is 23.2. The summed E-state index contributed by atoms with van der Waals surface area (Å²) in [7, 11) is 0. The Morgan fingerprint density at radius 1 is 0.600 bits per heavy atom. The molecule has 0 bridgehead atoms. The van der Waals surface area contributed by atoms with E-state index in [1.165, 1.54) is 33.4 Å². The van der Waals surface area contributed by atoms with Crippen LogP contribution < -0.4 is 9.47 Å². The van der Waals surface area contributed by atoms with Crippen molar-refractivity contribution in [3.63, 3.8) is 0 Å². The van der Waals surface area contributed by atoms with Gasteiger partial charge in [0.15, 0.2) is 0 Å². The first kappa shape index (κ1) is 20.7. The fourth-order valence-corrected chi connectivity index (χ4v) is 5.37. The molecule has 0 aromatic heterocycles. The second-order valence-corrected chi connectivity index (χ2v) is 9.43. The smallest absolute Gasteiger partial charge is 0.119 e. The number of rotatable bonds is 8. The Hall–Kier alpha value is -3.60. The van der Waals surface area contributed by atoms with Crippen LogP contribution in [-0.4, -0.2) is 38.6 Å². The summed E-state index contributed by atoms with van der Waals surface area (Å²) in [5.41, 5.74) is 6.92. The summed E-state index contributed by atoms with van der Waals surface area (Å²) in [5, 5.41) is 0. The highest BCUT2D eigenvalue weighted by molar-refractivity contribution is 5.86. The van der Waals surface area contributed by atoms with Crippen LogP contribution in [0, 0.1) is 0 Å². The van der Waals surface area contributed by atoms with Crippen LogP contribution >= 0.6 is 0 Å². The molecule has 0 spiro atoms. The molecule has 2 unspecified atom stereocenters. The number of hydrogen-bond donors (Lipinski definition) is 0. The second-order valence-electron chi connectivity index (χ2n) is 9.43. The standard InChI is InChI=1S/C31H26O4/c1-3-13-29-27(11-1)28-12-2-4-14-30(28)31(29,21-7-5-9-23(15-21)32-17-25-19-34-25)22-8-6-10-24(16-22)33-18-26-20-35-26/h1-16,25-26H,17-20H2. The molecule has 4 heteroatoms. The van der Waals surface area contributed by atoms with Gasteiger partial charge >= 0.3 is 0 Å². The van der Waals surface area contributed by atoms with E-state index in [1.54, 1.807) is 0 Å². The van der Waals surface area contributed by atoms with Crippen LogP contribution in [0.5, 0.6) is 11.5 Å². The maximum absolute atomic E-state index is 6.12. The lowest BCUT2D eigenvalue weighted by Crippen LogP contribution is -2.28. The lowest BCUT2D eigenvalue weighted by atomic mass is 9.67. The topological polar surface area (TPSA) is 43.5 Å². The van der Waals surface area contributed by atoms with Crippen molar-refractivity contribution in [3.05, 3.63) is 119 Å². The summed E-state index contributed by atoms with van der Waals surface area (Å²) in [4.78, 5) is 0. The first-order chi connectivity index (χ1) is 17.3. The normalized spacial score (nSPS) is 20.6. The SMILES string of the molecule is c1cc(OCC2CO2)cc(C2(c3cccc(OCC4CO4)c3)c3ccccc3-c3ccccc32)c1. The van der Waals surface area contributed by atoms with Crippen molar-refractivity contribution in [3.8, 4) is 22.6 Å². The van der Waals surface area contributed by atoms with Gasteiger partial charge in [-0.1, -0.05) is 72.8 Å². The monoisotopic (exact) mass is 462 g/mol. The van der Waals surface area contributed by atoms with E-state index >= 15 is 0 Å². The zero-order valence-electron chi connectivity index (χ0n) is 19.4. The van der Waals surface area contributed by atoms with Gasteiger partial charge in [0, 0.05) is 0 Å². The lowest BCUT2D eigenvalue weighted by Gasteiger charge is -2.34. The Morgan fingerprint density at radius 3 is 1.51 bits per heavy atom. The van der Waals surface area contributed by atoms with Crippen LogP contribution in [0.1, 0.15) is 22.3 Å². The summed E-state index contributed by atoms with van der Waals surface area (Å²) in [6.45, 7) is 2.72. The second kappa shape index (κ2) is 8.26. The molecule has 3 aliphatic rings. The summed E-state index contributed by atoms with van der Waals surface area (Å²) in [6.07, 6.45) is 0.426. The predicted molar refractivity (Wildman–Crippen MR) is 134 cm³/mol. The number of hydrogen-bond acceptors (Lipinski definition) is 4. The molecule has 2 saturated heterocycles. The van der Waals surface area contributed by atoms with Crippen molar-refractivity contribution in [2.24, 2.45) is 0 Å². The molecule has 4 aromatic carbocycles. The Bertz CT molecular complexity index is 1280. The van der Waals surface area contributed by atoms with Crippen molar-refractivity contribution in [1.82, 2.24) is 0 Å². The molecular formula is C31H26O4. The van der Waals surface area contributed by atoms with E-state index in [2.05, 4.69) is 84.9 Å². The molecule has 2 fully saturated rings. The summed E-state index contributed by atoms with van der Waals surface area (Å²) >= 11 is 0. The van der Waals surface area contributed by atoms with Gasteiger partial charge in [-0.15, -0.1) is 0 Å². The molecule has 35 heavy (non-hydrogen) atoms. The zero-order valence-corrected chi connectivity index (χ0v) is 19.4. The van der Waals surface area contributed by atoms with Gasteiger partial charge in [0.05, 0.1) is 18.6 Å². The molecule has 0 saturated carbocycles. The van der Waals surface area contributed by atoms with E-state index in [1.807, 2.05) is 12.1 Å². The molecule has 0 radical (unpaired) electrons. The third kappa shape index (κ3) is 3.61. The van der Waals surface area contributed by atoms with Crippen LogP contribution in [0.25, 0.3) is 11.1 Å². The van der Waals surface area contributed by atoms with Crippen LogP contribution in [0.2, 0.25) is 0 Å². The van der Waals surface area contributed by atoms with Crippen molar-refractivity contribution in [2.45, 2.75) is 17.6 Å². The first-order valence-electron chi connectivity index (χ1n) is 12.2. The number of fused-ring (bicyclic) bond motifs is 3. The minimum Gasteiger partial charge on any atom is -0.491 e. The highest BCUT2D eigenvalue weighted by atomic mass is 16.6. The van der Waals surface area contributed by atoms with E-state index in [9.17, 15) is 0 Å². The van der Waals surface area contributed by atoms with Crippen molar-refractivity contribution in [2.75, 3.05) is 26.4 Å². The molecule has 1 aliphatic carbocycles. The van der Waals surface area contributed by atoms with Crippen LogP contribution in [0.4, 0.5) is 0 Å². The molecular weight excluding hydrogens is 436 g/mol. The fourth-order valence-electron chi connectivity index (χ4n) is 5.37. The van der Waals surface area contributed by atoms with Crippen molar-refractivity contribution < 1.29 is 18.9 Å². The number of epoxide rings is 2. The highest BCUT2D eigenvalue weighted by Crippen LogP contribution is 2.56. The van der Waals surface area contributed by atoms with Gasteiger partial charge in [-0.25, -0.2) is 0 Å². The Kier molecular flexibility index (Phi) is 4.90. The lowest BCUT2D eigenvalue weighted by molar-refractivity contribution is 0.262. The van der Waals surface area contributed by atoms with Gasteiger partial charge < -0.3 is 18.9 Å². The molecule has 0 amide bonds. The molecule has 7 rings (SSSR count). The average Bonchev–Trinajstić information content (AvgIpc) is 3.84. The molecule has 2 heterocycles. The largest absolute Gasteiger partial charge is 0.491 e. The van der Waals surface area contributed by atoms with Crippen LogP contribution in [-0.2, 0) is 14.9 Å². The van der Waals surface area contributed by atoms with Gasteiger partial charge in [-0.2, -0.15) is 0 Å². The highest BCUT2D eigenvalue weighted by Gasteiger charge is 2.46. The minimum absolute atomic E-state index is 0.213. The summed E-state index contributed by atoms with van der Waals surface area (Å²) < 4.78 is 22.9. The predicted octanol–water partition coefficient (Wildman–Crippen LogP) is 5.60. The van der Waals surface area contributed by atoms with E-state index in [4.69, 9.17) is 18.9 Å². The Labute approximate surface area is 205 Å². The molecule has 2 aliphatic heterocycles. The van der Waals surface area contributed by atoms with Gasteiger partial charge in [0.25, 0.3) is 0 Å². The van der Waals surface area contributed by atoms with Crippen molar-refractivity contribution in [1.29, 1.82) is 0 Å². The van der Waals surface area contributed by atoms with Crippen molar-refractivity contribution >= 4 is 0 Å². The minimum atomic E-state index is -0.488. The molecule has 0 N–H and O–H groups in total. The molecule has 174 valence electrons. The summed E-state index contributed by atoms with van der Waals surface area (Å²) in [6, 6.07) is 34.5. The number of ether oxygens (including phenoxy) is 4. The molecule has 4 aromatic rings.